The average Bonchev–Trinajstić information content (AvgIpc) is 2.81. The van der Waals surface area contributed by atoms with E-state index in [1.54, 1.807) is 0 Å². The van der Waals surface area contributed by atoms with Gasteiger partial charge >= 0.3 is 10.9 Å². The average molecular weight is 438 g/mol. The third-order valence-corrected chi connectivity index (χ3v) is 4.32. The molecule has 0 spiro atoms. The highest BCUT2D eigenvalue weighted by molar-refractivity contribution is 8.01. The van der Waals surface area contributed by atoms with Crippen molar-refractivity contribution in [3.05, 3.63) is 39.9 Å². The Morgan fingerprint density at radius 2 is 1.85 bits per heavy atom. The molecule has 2 rings (SSSR count). The molecule has 0 aliphatic rings. The predicted octanol–water partition coefficient (Wildman–Crippen LogP) is 5.91. The second kappa shape index (κ2) is 7.17. The highest BCUT2D eigenvalue weighted by Crippen LogP contribution is 2.43. The summed E-state index contributed by atoms with van der Waals surface area (Å²) in [5.41, 5.74) is -3.68. The minimum absolute atomic E-state index is 0.0833. The van der Waals surface area contributed by atoms with Gasteiger partial charge in [-0.25, -0.2) is 13.5 Å². The molecule has 0 bridgehead atoms. The maximum absolute atomic E-state index is 14.2. The summed E-state index contributed by atoms with van der Waals surface area (Å²) in [6.45, 7) is -1.50. The van der Waals surface area contributed by atoms with E-state index in [4.69, 9.17) is 28.5 Å². The molecule has 0 atom stereocenters. The van der Waals surface area contributed by atoms with Gasteiger partial charge in [0.15, 0.2) is 11.5 Å². The van der Waals surface area contributed by atoms with E-state index in [0.717, 1.165) is 0 Å². The van der Waals surface area contributed by atoms with E-state index >= 15 is 0 Å². The Morgan fingerprint density at radius 1 is 1.23 bits per heavy atom. The van der Waals surface area contributed by atoms with Crippen LogP contribution in [0.4, 0.5) is 30.7 Å². The van der Waals surface area contributed by atoms with Gasteiger partial charge in [-0.3, -0.25) is 0 Å². The van der Waals surface area contributed by atoms with Crippen molar-refractivity contribution in [1.82, 2.24) is 9.78 Å². The number of nitrogens with zero attached hydrogens (tertiary/aromatic N) is 3. The van der Waals surface area contributed by atoms with Gasteiger partial charge in [-0.05, 0) is 35.5 Å². The maximum atomic E-state index is 14.2. The first-order valence-corrected chi connectivity index (χ1v) is 7.86. The molecular weight excluding hydrogens is 434 g/mol. The van der Waals surface area contributed by atoms with E-state index in [1.165, 1.54) is 6.07 Å². The largest absolute Gasteiger partial charge is 0.416 e. The van der Waals surface area contributed by atoms with Crippen LogP contribution in [0.15, 0.2) is 17.0 Å². The SMILES string of the molecule is N#Cc1nn(-c2c(F)cc(C(F)(F)F)cc2Cl)c(CF)c1SC(F)(F)Cl. The fraction of sp³-hybridized carbons (Fsp3) is 0.231. The number of hydrogen-bond acceptors (Lipinski definition) is 3. The standard InChI is InChI=1S/C13H4Cl2F7N3S/c14-6-1-5(12(18,19)20)2-7(17)10(6)25-9(3-16)11(8(4-23)24-25)26-13(15,21)22/h1-2H,3H2. The van der Waals surface area contributed by atoms with E-state index in [2.05, 4.69) is 5.10 Å². The minimum atomic E-state index is -4.91. The molecule has 1 aromatic heterocycles. The van der Waals surface area contributed by atoms with Crippen LogP contribution in [0.2, 0.25) is 5.02 Å². The molecule has 0 amide bonds. The van der Waals surface area contributed by atoms with Gasteiger partial charge in [0.1, 0.15) is 18.4 Å². The first-order valence-electron chi connectivity index (χ1n) is 6.29. The second-order valence-corrected chi connectivity index (χ2v) is 6.85. The zero-order chi connectivity index (χ0) is 19.9. The molecule has 0 radical (unpaired) electrons. The molecular formula is C13H4Cl2F7N3S. The Morgan fingerprint density at radius 3 is 2.27 bits per heavy atom. The molecule has 13 heteroatoms. The van der Waals surface area contributed by atoms with Crippen LogP contribution in [-0.2, 0) is 12.9 Å². The van der Waals surface area contributed by atoms with Gasteiger partial charge in [0.25, 0.3) is 0 Å². The van der Waals surface area contributed by atoms with Crippen LogP contribution in [0.3, 0.4) is 0 Å². The summed E-state index contributed by atoms with van der Waals surface area (Å²) in [4.78, 5) is -0.689. The summed E-state index contributed by atoms with van der Waals surface area (Å²) in [5.74, 6) is -1.54. The van der Waals surface area contributed by atoms with Crippen LogP contribution in [0.5, 0.6) is 0 Å². The Labute approximate surface area is 155 Å². The van der Waals surface area contributed by atoms with Gasteiger partial charge in [-0.2, -0.15) is 32.3 Å². The highest BCUT2D eigenvalue weighted by Gasteiger charge is 2.35. The smallest absolute Gasteiger partial charge is 0.244 e. The van der Waals surface area contributed by atoms with Crippen LogP contribution in [-0.4, -0.2) is 14.5 Å². The van der Waals surface area contributed by atoms with Gasteiger partial charge in [0.2, 0.25) is 0 Å². The first-order chi connectivity index (χ1) is 11.9. The number of benzene rings is 1. The molecule has 0 N–H and O–H groups in total. The molecule has 1 heterocycles. The predicted molar refractivity (Wildman–Crippen MR) is 79.7 cm³/mol. The molecule has 140 valence electrons. The molecule has 26 heavy (non-hydrogen) atoms. The van der Waals surface area contributed by atoms with Crippen molar-refractivity contribution in [2.24, 2.45) is 0 Å². The molecule has 0 aliphatic heterocycles. The zero-order valence-electron chi connectivity index (χ0n) is 12.0. The molecule has 0 fully saturated rings. The van der Waals surface area contributed by atoms with Gasteiger partial charge < -0.3 is 0 Å². The maximum Gasteiger partial charge on any atom is 0.416 e. The number of rotatable bonds is 4. The summed E-state index contributed by atoms with van der Waals surface area (Å²) in [5, 5.41) is 11.6. The van der Waals surface area contributed by atoms with Crippen LogP contribution in [0.25, 0.3) is 5.69 Å². The molecule has 3 nitrogen and oxygen atoms in total. The fourth-order valence-corrected chi connectivity index (χ4v) is 3.16. The molecule has 1 aromatic carbocycles. The van der Waals surface area contributed by atoms with Crippen molar-refractivity contribution in [3.63, 3.8) is 0 Å². The van der Waals surface area contributed by atoms with Crippen LogP contribution >= 0.6 is 35.0 Å². The molecule has 0 aliphatic carbocycles. The van der Waals surface area contributed by atoms with E-state index in [0.29, 0.717) is 10.7 Å². The van der Waals surface area contributed by atoms with Crippen molar-refractivity contribution in [2.75, 3.05) is 0 Å². The summed E-state index contributed by atoms with van der Waals surface area (Å²) < 4.78 is 88.1. The van der Waals surface area contributed by atoms with Gasteiger partial charge in [-0.15, -0.1) is 0 Å². The van der Waals surface area contributed by atoms with Gasteiger partial charge in [0, 0.05) is 0 Å². The van der Waals surface area contributed by atoms with Crippen molar-refractivity contribution in [2.45, 2.75) is 22.5 Å². The van der Waals surface area contributed by atoms with Gasteiger partial charge in [0.05, 0.1) is 21.2 Å². The quantitative estimate of drug-likeness (QED) is 0.339. The van der Waals surface area contributed by atoms with Crippen LogP contribution in [0.1, 0.15) is 17.0 Å². The third kappa shape index (κ3) is 4.19. The lowest BCUT2D eigenvalue weighted by Crippen LogP contribution is -2.10. The second-order valence-electron chi connectivity index (χ2n) is 4.62. The van der Waals surface area contributed by atoms with Crippen LogP contribution < -0.4 is 0 Å². The first kappa shape index (κ1) is 20.7. The minimum Gasteiger partial charge on any atom is -0.244 e. The number of halogens is 9. The fourth-order valence-electron chi connectivity index (χ4n) is 1.97. The molecule has 0 saturated carbocycles. The topological polar surface area (TPSA) is 41.6 Å². The molecule has 0 saturated heterocycles. The van der Waals surface area contributed by atoms with Crippen molar-refractivity contribution < 1.29 is 30.7 Å². The Bertz CT molecular complexity index is 861. The molecule has 0 unspecified atom stereocenters. The highest BCUT2D eigenvalue weighted by atomic mass is 35.5. The lowest BCUT2D eigenvalue weighted by atomic mass is 10.2. The number of alkyl halides is 7. The van der Waals surface area contributed by atoms with Crippen molar-refractivity contribution >= 4 is 35.0 Å². The summed E-state index contributed by atoms with van der Waals surface area (Å²) in [6, 6.07) is 1.84. The summed E-state index contributed by atoms with van der Waals surface area (Å²) in [7, 11) is 0. The van der Waals surface area contributed by atoms with E-state index in [1.807, 2.05) is 0 Å². The number of nitriles is 1. The summed E-state index contributed by atoms with van der Waals surface area (Å²) in [6.07, 6.45) is -4.91. The van der Waals surface area contributed by atoms with Crippen molar-refractivity contribution in [3.8, 4) is 11.8 Å². The number of aromatic nitrogens is 2. The van der Waals surface area contributed by atoms with Crippen LogP contribution in [0, 0.1) is 17.1 Å². The Balaban J connectivity index is 2.72. The van der Waals surface area contributed by atoms with Gasteiger partial charge in [-0.1, -0.05) is 11.6 Å². The normalized spacial score (nSPS) is 12.3. The number of thioether (sulfide) groups is 1. The van der Waals surface area contributed by atoms with E-state index < -0.39 is 67.7 Å². The Kier molecular flexibility index (Phi) is 5.70. The third-order valence-electron chi connectivity index (χ3n) is 2.94. The Hall–Kier alpha value is -1.64. The van der Waals surface area contributed by atoms with Crippen molar-refractivity contribution in [1.29, 1.82) is 5.26 Å². The number of hydrogen-bond donors (Lipinski definition) is 0. The monoisotopic (exact) mass is 437 g/mol. The lowest BCUT2D eigenvalue weighted by Gasteiger charge is -2.13. The van der Waals surface area contributed by atoms with E-state index in [-0.39, 0.29) is 6.07 Å². The van der Waals surface area contributed by atoms with E-state index in [9.17, 15) is 30.7 Å². The lowest BCUT2D eigenvalue weighted by molar-refractivity contribution is -0.137. The summed E-state index contributed by atoms with van der Waals surface area (Å²) >= 11 is 9.98. The molecule has 2 aromatic rings. The zero-order valence-corrected chi connectivity index (χ0v) is 14.3.